The molecule has 0 bridgehead atoms. The van der Waals surface area contributed by atoms with E-state index >= 15 is 8.78 Å². The maximum Gasteiger partial charge on any atom is 0.412 e. The number of unbranched alkanes of at least 4 members (excludes halogenated alkanes) is 4. The normalized spacial score (nSPS) is 20.2. The highest BCUT2D eigenvalue weighted by molar-refractivity contribution is 5.83. The zero-order chi connectivity index (χ0) is 27.5. The minimum absolute atomic E-state index is 0.00347. The molecular weight excluding hydrogens is 504 g/mol. The maximum atomic E-state index is 15.0. The van der Waals surface area contributed by atoms with Crippen molar-refractivity contribution in [1.29, 1.82) is 0 Å². The number of benzene rings is 1. The highest BCUT2D eigenvalue weighted by atomic mass is 19.3. The molecule has 0 radical (unpaired) electrons. The zero-order valence-electron chi connectivity index (χ0n) is 21.2. The number of nitrogens with one attached hydrogen (secondary N) is 1. The number of carbonyl (C=O) groups is 2. The van der Waals surface area contributed by atoms with Gasteiger partial charge < -0.3 is 19.3 Å². The first kappa shape index (κ1) is 29.2. The van der Waals surface area contributed by atoms with E-state index in [9.17, 15) is 19.5 Å². The van der Waals surface area contributed by atoms with Gasteiger partial charge in [0, 0.05) is 12.6 Å². The van der Waals surface area contributed by atoms with Gasteiger partial charge in [0.2, 0.25) is 6.23 Å². The van der Waals surface area contributed by atoms with E-state index in [2.05, 4.69) is 17.2 Å². The second-order valence-electron chi connectivity index (χ2n) is 8.97. The van der Waals surface area contributed by atoms with E-state index in [4.69, 9.17) is 14.2 Å². The van der Waals surface area contributed by atoms with Gasteiger partial charge in [-0.2, -0.15) is 8.78 Å². The Kier molecular flexibility index (Phi) is 10.7. The Morgan fingerprint density at radius 2 is 1.87 bits per heavy atom. The van der Waals surface area contributed by atoms with Crippen LogP contribution in [0.15, 0.2) is 47.4 Å². The van der Waals surface area contributed by atoms with E-state index in [-0.39, 0.29) is 18.8 Å². The average Bonchev–Trinajstić information content (AvgIpc) is 3.12. The lowest BCUT2D eigenvalue weighted by Gasteiger charge is -2.23. The van der Waals surface area contributed by atoms with E-state index in [0.29, 0.717) is 17.4 Å². The lowest BCUT2D eigenvalue weighted by Crippen LogP contribution is -2.42. The number of anilines is 1. The Balaban J connectivity index is 1.60. The quantitative estimate of drug-likeness (QED) is 0.291. The fourth-order valence-electron chi connectivity index (χ4n) is 3.98. The van der Waals surface area contributed by atoms with E-state index in [1.54, 1.807) is 0 Å². The average molecular weight is 538 g/mol. The first-order chi connectivity index (χ1) is 18.2. The van der Waals surface area contributed by atoms with Gasteiger partial charge in [0.1, 0.15) is 18.5 Å². The molecule has 3 rings (SSSR count). The van der Waals surface area contributed by atoms with Crippen LogP contribution in [0.3, 0.4) is 0 Å². The molecule has 0 saturated carbocycles. The van der Waals surface area contributed by atoms with Crippen molar-refractivity contribution >= 4 is 17.9 Å². The van der Waals surface area contributed by atoms with Gasteiger partial charge in [-0.3, -0.25) is 10.1 Å². The number of esters is 1. The topological polar surface area (TPSA) is 129 Å². The molecule has 10 nitrogen and oxygen atoms in total. The summed E-state index contributed by atoms with van der Waals surface area (Å²) in [5.74, 6) is -4.97. The largest absolute Gasteiger partial charge is 0.463 e. The van der Waals surface area contributed by atoms with Crippen LogP contribution in [0.2, 0.25) is 0 Å². The number of hydrogen-bond acceptors (Lipinski definition) is 8. The summed E-state index contributed by atoms with van der Waals surface area (Å²) >= 11 is 0. The van der Waals surface area contributed by atoms with Crippen molar-refractivity contribution in [3.05, 3.63) is 58.6 Å². The lowest BCUT2D eigenvalue weighted by atomic mass is 10.1. The van der Waals surface area contributed by atoms with Crippen LogP contribution in [0, 0.1) is 0 Å². The van der Waals surface area contributed by atoms with Crippen molar-refractivity contribution in [2.45, 2.75) is 76.2 Å². The van der Waals surface area contributed by atoms with Crippen molar-refractivity contribution in [1.82, 2.24) is 9.55 Å². The third kappa shape index (κ3) is 7.81. The van der Waals surface area contributed by atoms with Crippen molar-refractivity contribution in [3.63, 3.8) is 0 Å². The van der Waals surface area contributed by atoms with Crippen molar-refractivity contribution in [2.75, 3.05) is 18.5 Å². The number of hydrogen-bond donors (Lipinski definition) is 2. The summed E-state index contributed by atoms with van der Waals surface area (Å²) in [4.78, 5) is 40.2. The fraction of sp³-hybridized carbons (Fsp3) is 0.538. The van der Waals surface area contributed by atoms with Gasteiger partial charge >= 0.3 is 23.7 Å². The number of halogens is 2. The molecule has 3 atom stereocenters. The van der Waals surface area contributed by atoms with Crippen LogP contribution in [-0.4, -0.2) is 58.1 Å². The number of carbonyl (C=O) groups excluding carboxylic acids is 2. The molecule has 38 heavy (non-hydrogen) atoms. The second kappa shape index (κ2) is 14.0. The third-order valence-electron chi connectivity index (χ3n) is 6.08. The number of aryl methyl sites for hydroxylation is 1. The number of rotatable bonds is 13. The summed E-state index contributed by atoms with van der Waals surface area (Å²) in [6, 6.07) is 10.3. The molecule has 1 saturated heterocycles. The number of aliphatic hydroxyl groups excluding tert-OH is 1. The second-order valence-corrected chi connectivity index (χ2v) is 8.97. The first-order valence-electron chi connectivity index (χ1n) is 12.7. The Labute approximate surface area is 218 Å². The van der Waals surface area contributed by atoms with Gasteiger partial charge in [0.05, 0.1) is 6.61 Å². The molecule has 1 aliphatic heterocycles. The molecule has 12 heteroatoms. The van der Waals surface area contributed by atoms with Crippen LogP contribution in [0.1, 0.15) is 57.2 Å². The van der Waals surface area contributed by atoms with Crippen LogP contribution in [0.5, 0.6) is 0 Å². The van der Waals surface area contributed by atoms with Crippen molar-refractivity contribution < 1.29 is 37.7 Å². The van der Waals surface area contributed by atoms with Crippen LogP contribution >= 0.6 is 0 Å². The van der Waals surface area contributed by atoms with Gasteiger partial charge in [-0.15, -0.1) is 0 Å². The van der Waals surface area contributed by atoms with E-state index in [0.717, 1.165) is 43.5 Å². The Bertz CT molecular complexity index is 1110. The number of amides is 1. The van der Waals surface area contributed by atoms with Gasteiger partial charge in [-0.25, -0.2) is 19.1 Å². The van der Waals surface area contributed by atoms with Gasteiger partial charge in [-0.1, -0.05) is 62.9 Å². The van der Waals surface area contributed by atoms with Crippen LogP contribution < -0.4 is 11.0 Å². The zero-order valence-corrected chi connectivity index (χ0v) is 21.2. The molecule has 1 amide bonds. The number of nitrogens with zero attached hydrogens (tertiary/aromatic N) is 2. The number of ether oxygens (including phenoxy) is 3. The van der Waals surface area contributed by atoms with E-state index < -0.39 is 48.7 Å². The van der Waals surface area contributed by atoms with Crippen LogP contribution in [-0.2, 0) is 25.4 Å². The molecule has 1 aromatic heterocycles. The van der Waals surface area contributed by atoms with Gasteiger partial charge in [0.15, 0.2) is 6.10 Å². The smallest absolute Gasteiger partial charge is 0.412 e. The molecule has 1 aliphatic rings. The Hall–Kier alpha value is -3.38. The minimum Gasteiger partial charge on any atom is -0.463 e. The molecule has 0 spiro atoms. The Morgan fingerprint density at radius 3 is 2.61 bits per heavy atom. The minimum atomic E-state index is -3.96. The molecule has 1 fully saturated rings. The molecule has 1 aromatic carbocycles. The maximum absolute atomic E-state index is 15.0. The van der Waals surface area contributed by atoms with Gasteiger partial charge in [0.25, 0.3) is 0 Å². The van der Waals surface area contributed by atoms with E-state index in [1.165, 1.54) is 0 Å². The third-order valence-corrected chi connectivity index (χ3v) is 6.08. The number of aromatic nitrogens is 2. The standard InChI is InChI=1S/C26H33F2N3O7/c1-2-3-4-5-9-16-36-25(35)30-20-14-15-29-24(34)31(20)23-26(27,28)22(33)19(38-23)17-37-21(32)13-12-18-10-7-6-8-11-18/h6-8,10-11,14-15,19,22-23,33H,2-5,9,12-13,16-17H2,1H3,(H,30,35)/t19-,22-,23-/m1/s1. The molecule has 2 heterocycles. The highest BCUT2D eigenvalue weighted by Crippen LogP contribution is 2.43. The van der Waals surface area contributed by atoms with Crippen LogP contribution in [0.4, 0.5) is 19.4 Å². The molecule has 0 aliphatic carbocycles. The summed E-state index contributed by atoms with van der Waals surface area (Å²) in [7, 11) is 0. The summed E-state index contributed by atoms with van der Waals surface area (Å²) in [6.45, 7) is 1.55. The number of alkyl halides is 2. The molecule has 0 unspecified atom stereocenters. The first-order valence-corrected chi connectivity index (χ1v) is 12.7. The summed E-state index contributed by atoms with van der Waals surface area (Å²) in [5, 5.41) is 12.5. The van der Waals surface area contributed by atoms with Crippen molar-refractivity contribution in [3.8, 4) is 0 Å². The molecular formula is C26H33F2N3O7. The predicted octanol–water partition coefficient (Wildman–Crippen LogP) is 3.83. The summed E-state index contributed by atoms with van der Waals surface area (Å²) in [5.41, 5.74) is -0.237. The fourth-order valence-corrected chi connectivity index (χ4v) is 3.98. The SMILES string of the molecule is CCCCCCCOC(=O)Nc1ccnc(=O)n1[C@@H]1O[C@H](COC(=O)CCc2ccccc2)[C@@H](O)C1(F)F. The van der Waals surface area contributed by atoms with Gasteiger partial charge in [-0.05, 0) is 24.5 Å². The molecule has 208 valence electrons. The molecule has 2 N–H and O–H groups in total. The van der Waals surface area contributed by atoms with Crippen molar-refractivity contribution in [2.24, 2.45) is 0 Å². The lowest BCUT2D eigenvalue weighted by molar-refractivity contribution is -0.150. The number of aliphatic hydroxyl groups is 1. The van der Waals surface area contributed by atoms with E-state index in [1.807, 2.05) is 30.3 Å². The summed E-state index contributed by atoms with van der Waals surface area (Å²) in [6.07, 6.45) is -1.16. The monoisotopic (exact) mass is 537 g/mol. The van der Waals surface area contributed by atoms with Crippen LogP contribution in [0.25, 0.3) is 0 Å². The Morgan fingerprint density at radius 1 is 1.13 bits per heavy atom. The summed E-state index contributed by atoms with van der Waals surface area (Å²) < 4.78 is 45.9. The predicted molar refractivity (Wildman–Crippen MR) is 133 cm³/mol. The highest BCUT2D eigenvalue weighted by Gasteiger charge is 2.60. The molecule has 2 aromatic rings.